The van der Waals surface area contributed by atoms with Crippen LogP contribution >= 0.6 is 11.8 Å². The highest BCUT2D eigenvalue weighted by Crippen LogP contribution is 2.39. The van der Waals surface area contributed by atoms with Crippen molar-refractivity contribution in [3.63, 3.8) is 0 Å². The van der Waals surface area contributed by atoms with Crippen LogP contribution in [-0.2, 0) is 9.53 Å². The van der Waals surface area contributed by atoms with E-state index in [0.717, 1.165) is 87.1 Å². The van der Waals surface area contributed by atoms with Crippen LogP contribution in [0.3, 0.4) is 0 Å². The highest BCUT2D eigenvalue weighted by Gasteiger charge is 2.26. The van der Waals surface area contributed by atoms with Gasteiger partial charge in [-0.05, 0) is 62.7 Å². The van der Waals surface area contributed by atoms with E-state index in [-0.39, 0.29) is 11.8 Å². The number of methoxy groups -OCH3 is 1. The summed E-state index contributed by atoms with van der Waals surface area (Å²) in [7, 11) is 1.74. The first-order chi connectivity index (χ1) is 20.0. The van der Waals surface area contributed by atoms with Gasteiger partial charge in [-0.25, -0.2) is 9.97 Å². The van der Waals surface area contributed by atoms with Gasteiger partial charge in [-0.15, -0.1) is 0 Å². The molecule has 1 saturated heterocycles. The molecule has 1 aromatic carbocycles. The second-order valence-electron chi connectivity index (χ2n) is 10.4. The summed E-state index contributed by atoms with van der Waals surface area (Å²) in [5.41, 5.74) is 1.75. The summed E-state index contributed by atoms with van der Waals surface area (Å²) < 4.78 is 11.4. The van der Waals surface area contributed by atoms with E-state index in [1.165, 1.54) is 11.8 Å². The Morgan fingerprint density at radius 3 is 2.54 bits per heavy atom. The summed E-state index contributed by atoms with van der Waals surface area (Å²) >= 11 is 1.47. The zero-order valence-corrected chi connectivity index (χ0v) is 24.9. The lowest BCUT2D eigenvalue weighted by Crippen LogP contribution is -2.47. The van der Waals surface area contributed by atoms with Gasteiger partial charge in [-0.1, -0.05) is 12.8 Å². The molecule has 1 aliphatic carbocycles. The predicted octanol–water partition coefficient (Wildman–Crippen LogP) is 4.70. The molecule has 12 heteroatoms. The minimum atomic E-state index is 0.119. The third kappa shape index (κ3) is 7.69. The van der Waals surface area contributed by atoms with Crippen LogP contribution < -0.4 is 20.3 Å². The van der Waals surface area contributed by atoms with Crippen LogP contribution in [0.4, 0.5) is 23.1 Å². The van der Waals surface area contributed by atoms with Crippen molar-refractivity contribution in [3.8, 4) is 5.75 Å². The van der Waals surface area contributed by atoms with Crippen LogP contribution in [0.15, 0.2) is 40.4 Å². The Labute approximate surface area is 245 Å². The fraction of sp³-hybridized carbons (Fsp3) is 0.517. The zero-order chi connectivity index (χ0) is 28.6. The van der Waals surface area contributed by atoms with Crippen LogP contribution in [-0.4, -0.2) is 84.0 Å². The monoisotopic (exact) mass is 580 g/mol. The largest absolute Gasteiger partial charge is 0.487 e. The smallest absolute Gasteiger partial charge is 0.227 e. The molecule has 3 heterocycles. The maximum absolute atomic E-state index is 12.5. The molecule has 2 aliphatic rings. The van der Waals surface area contributed by atoms with Gasteiger partial charge in [0, 0.05) is 68.1 Å². The molecule has 220 valence electrons. The average molecular weight is 581 g/mol. The number of carbonyl (C=O) groups excluding carboxylic acids is 1. The molecule has 0 unspecified atom stereocenters. The third-order valence-electron chi connectivity index (χ3n) is 7.41. The number of aromatic nitrogens is 4. The minimum Gasteiger partial charge on any atom is -0.487 e. The molecule has 1 aliphatic heterocycles. The van der Waals surface area contributed by atoms with Gasteiger partial charge in [0.1, 0.15) is 0 Å². The van der Waals surface area contributed by atoms with Crippen LogP contribution in [0.5, 0.6) is 5.75 Å². The van der Waals surface area contributed by atoms with Crippen molar-refractivity contribution in [2.45, 2.75) is 49.6 Å². The van der Waals surface area contributed by atoms with Crippen molar-refractivity contribution in [3.05, 3.63) is 36.0 Å². The van der Waals surface area contributed by atoms with E-state index in [0.29, 0.717) is 29.1 Å². The highest BCUT2D eigenvalue weighted by molar-refractivity contribution is 7.99. The molecular weight excluding hydrogens is 540 g/mol. The predicted molar refractivity (Wildman–Crippen MR) is 161 cm³/mol. The summed E-state index contributed by atoms with van der Waals surface area (Å²) in [4.78, 5) is 28.1. The zero-order valence-electron chi connectivity index (χ0n) is 24.1. The molecule has 0 spiro atoms. The summed E-state index contributed by atoms with van der Waals surface area (Å²) in [6.45, 7) is 9.51. The van der Waals surface area contributed by atoms with Crippen LogP contribution in [0.25, 0.3) is 0 Å². The maximum Gasteiger partial charge on any atom is 0.227 e. The normalized spacial score (nSPS) is 16.2. The molecule has 0 bridgehead atoms. The number of rotatable bonds is 12. The fourth-order valence-electron chi connectivity index (χ4n) is 5.19. The van der Waals surface area contributed by atoms with E-state index >= 15 is 0 Å². The number of carbonyl (C=O) groups is 1. The topological polar surface area (TPSA) is 121 Å². The van der Waals surface area contributed by atoms with E-state index in [4.69, 9.17) is 19.4 Å². The Bertz CT molecular complexity index is 1290. The van der Waals surface area contributed by atoms with Gasteiger partial charge in [0.05, 0.1) is 13.2 Å². The van der Waals surface area contributed by atoms with Gasteiger partial charge in [0.25, 0.3) is 0 Å². The van der Waals surface area contributed by atoms with E-state index in [1.807, 2.05) is 44.2 Å². The Hall–Kier alpha value is -3.35. The number of ether oxygens (including phenoxy) is 2. The molecule has 1 saturated carbocycles. The summed E-state index contributed by atoms with van der Waals surface area (Å²) in [6.07, 6.45) is 4.23. The number of anilines is 4. The van der Waals surface area contributed by atoms with Crippen LogP contribution in [0, 0.1) is 12.8 Å². The van der Waals surface area contributed by atoms with E-state index in [1.54, 1.807) is 7.11 Å². The number of aromatic amines is 1. The SMILES string of the molecule is CCOc1c(Nc2cc(C)[nH]n2)nc(Sc2ccc(NC(=O)C3CCCC3)cc2)nc1N1CCN(CCOC)CC1. The Balaban J connectivity index is 1.38. The quantitative estimate of drug-likeness (QED) is 0.260. The average Bonchev–Trinajstić information content (AvgIpc) is 3.67. The summed E-state index contributed by atoms with van der Waals surface area (Å²) in [5, 5.41) is 14.3. The maximum atomic E-state index is 12.5. The van der Waals surface area contributed by atoms with Crippen molar-refractivity contribution in [1.29, 1.82) is 0 Å². The molecule has 0 atom stereocenters. The van der Waals surface area contributed by atoms with E-state index < -0.39 is 0 Å². The number of aryl methyl sites for hydroxylation is 1. The number of hydrogen-bond donors (Lipinski definition) is 3. The van der Waals surface area contributed by atoms with Gasteiger partial charge in [0.2, 0.25) is 11.7 Å². The summed E-state index contributed by atoms with van der Waals surface area (Å²) in [5.74, 6) is 2.88. The van der Waals surface area contributed by atoms with E-state index in [2.05, 4.69) is 30.6 Å². The Kier molecular flexibility index (Phi) is 9.97. The van der Waals surface area contributed by atoms with Crippen molar-refractivity contribution in [1.82, 2.24) is 25.1 Å². The standard InChI is InChI=1S/C29H40N8O3S/c1-4-40-25-26(31-24-19-20(2)34-35-24)32-29(33-27(25)37-15-13-36(14-16-37)17-18-39-3)41-23-11-9-22(10-12-23)30-28(38)21-7-5-6-8-21/h9-12,19,21H,4-8,13-18H2,1-3H3,(H,30,38)(H2,31,32,33,34,35). The molecule has 3 N–H and O–H groups in total. The van der Waals surface area contributed by atoms with Crippen molar-refractivity contribution in [2.24, 2.45) is 5.92 Å². The molecule has 41 heavy (non-hydrogen) atoms. The number of piperazine rings is 1. The first-order valence-electron chi connectivity index (χ1n) is 14.4. The van der Waals surface area contributed by atoms with Crippen molar-refractivity contribution >= 4 is 40.8 Å². The molecule has 3 aromatic rings. The first-order valence-corrected chi connectivity index (χ1v) is 15.2. The Morgan fingerprint density at radius 1 is 1.12 bits per heavy atom. The molecule has 1 amide bonds. The third-order valence-corrected chi connectivity index (χ3v) is 8.28. The number of hydrogen-bond acceptors (Lipinski definition) is 10. The minimum absolute atomic E-state index is 0.119. The number of benzene rings is 1. The molecule has 0 radical (unpaired) electrons. The number of H-pyrrole nitrogens is 1. The second-order valence-corrected chi connectivity index (χ2v) is 11.5. The lowest BCUT2D eigenvalue weighted by Gasteiger charge is -2.36. The molecule has 2 aromatic heterocycles. The molecule has 11 nitrogen and oxygen atoms in total. The van der Waals surface area contributed by atoms with Crippen molar-refractivity contribution < 1.29 is 14.3 Å². The number of nitrogens with zero attached hydrogens (tertiary/aromatic N) is 5. The molecule has 2 fully saturated rings. The van der Waals surface area contributed by atoms with Gasteiger partial charge in [0.15, 0.2) is 22.6 Å². The Morgan fingerprint density at radius 2 is 1.88 bits per heavy atom. The van der Waals surface area contributed by atoms with Gasteiger partial charge >= 0.3 is 0 Å². The lowest BCUT2D eigenvalue weighted by molar-refractivity contribution is -0.119. The molecule has 5 rings (SSSR count). The second kappa shape index (κ2) is 14.0. The van der Waals surface area contributed by atoms with Gasteiger partial charge in [-0.2, -0.15) is 5.10 Å². The fourth-order valence-corrected chi connectivity index (χ4v) is 5.94. The summed E-state index contributed by atoms with van der Waals surface area (Å²) in [6, 6.07) is 9.79. The lowest BCUT2D eigenvalue weighted by atomic mass is 10.1. The van der Waals surface area contributed by atoms with Gasteiger partial charge in [-0.3, -0.25) is 14.8 Å². The first kappa shape index (κ1) is 29.2. The van der Waals surface area contributed by atoms with Crippen LogP contribution in [0.2, 0.25) is 0 Å². The number of nitrogens with one attached hydrogen (secondary N) is 3. The van der Waals surface area contributed by atoms with E-state index in [9.17, 15) is 4.79 Å². The highest BCUT2D eigenvalue weighted by atomic mass is 32.2. The van der Waals surface area contributed by atoms with Crippen LogP contribution in [0.1, 0.15) is 38.3 Å². The number of amides is 1. The van der Waals surface area contributed by atoms with Gasteiger partial charge < -0.3 is 25.0 Å². The van der Waals surface area contributed by atoms with Crippen molar-refractivity contribution in [2.75, 3.05) is 68.6 Å². The molecular formula is C29H40N8O3S.